The van der Waals surface area contributed by atoms with Crippen LogP contribution in [-0.2, 0) is 6.42 Å². The van der Waals surface area contributed by atoms with Crippen molar-refractivity contribution in [2.24, 2.45) is 0 Å². The fourth-order valence-electron chi connectivity index (χ4n) is 7.64. The second kappa shape index (κ2) is 10.1. The molecule has 0 spiro atoms. The maximum atomic E-state index is 5.43. The summed E-state index contributed by atoms with van der Waals surface area (Å²) in [6.07, 6.45) is 6.66. The number of nitrogens with zero attached hydrogens (tertiary/aromatic N) is 2. The average Bonchev–Trinajstić information content (AvgIpc) is 3.38. The molecule has 0 N–H and O–H groups in total. The number of hydrogen-bond acceptors (Lipinski definition) is 2. The van der Waals surface area contributed by atoms with E-state index in [2.05, 4.69) is 150 Å². The Labute approximate surface area is 271 Å². The van der Waals surface area contributed by atoms with Crippen LogP contribution in [0.3, 0.4) is 0 Å². The highest BCUT2D eigenvalue weighted by Gasteiger charge is 2.28. The Morgan fingerprint density at radius 3 is 2.20 bits per heavy atom. The van der Waals surface area contributed by atoms with Crippen LogP contribution in [0.4, 0.5) is 0 Å². The highest BCUT2D eigenvalue weighted by Crippen LogP contribution is 2.52. The van der Waals surface area contributed by atoms with Gasteiger partial charge in [0.25, 0.3) is 0 Å². The molecule has 10 rings (SSSR count). The Hall–Kier alpha value is -5.38. The van der Waals surface area contributed by atoms with E-state index in [1.54, 1.807) is 0 Å². The number of aromatic nitrogens is 2. The Balaban J connectivity index is 1.33. The Morgan fingerprint density at radius 2 is 1.28 bits per heavy atom. The lowest BCUT2D eigenvalue weighted by molar-refractivity contribution is 0.872. The van der Waals surface area contributed by atoms with Gasteiger partial charge in [0.1, 0.15) is 5.82 Å². The van der Waals surface area contributed by atoms with E-state index in [1.165, 1.54) is 81.5 Å². The first-order chi connectivity index (χ1) is 22.8. The minimum Gasteiger partial charge on any atom is -0.296 e. The van der Waals surface area contributed by atoms with Crippen LogP contribution in [0.1, 0.15) is 17.7 Å². The second-order valence-electron chi connectivity index (χ2n) is 12.2. The van der Waals surface area contributed by atoms with Crippen molar-refractivity contribution in [2.45, 2.75) is 22.6 Å². The van der Waals surface area contributed by atoms with Crippen molar-refractivity contribution in [1.82, 2.24) is 9.55 Å². The molecule has 3 heterocycles. The maximum absolute atomic E-state index is 5.43. The predicted molar refractivity (Wildman–Crippen MR) is 194 cm³/mol. The van der Waals surface area contributed by atoms with Crippen LogP contribution in [-0.4, -0.2) is 9.55 Å². The third-order valence-corrected chi connectivity index (χ3v) is 10.9. The first-order valence-electron chi connectivity index (χ1n) is 16.0. The summed E-state index contributed by atoms with van der Waals surface area (Å²) in [5, 5.41) is 4.96. The normalized spacial score (nSPS) is 13.3. The molecule has 46 heavy (non-hydrogen) atoms. The Kier molecular flexibility index (Phi) is 5.67. The monoisotopic (exact) mass is 604 g/mol. The van der Waals surface area contributed by atoms with Crippen molar-refractivity contribution in [3.8, 4) is 39.2 Å². The highest BCUT2D eigenvalue weighted by molar-refractivity contribution is 7.99. The molecule has 6 aromatic carbocycles. The molecule has 0 unspecified atom stereocenters. The van der Waals surface area contributed by atoms with Gasteiger partial charge in [0.05, 0.1) is 11.0 Å². The van der Waals surface area contributed by atoms with E-state index >= 15 is 0 Å². The second-order valence-corrected chi connectivity index (χ2v) is 13.2. The minimum atomic E-state index is 0.975. The third kappa shape index (κ3) is 3.76. The zero-order valence-electron chi connectivity index (χ0n) is 25.1. The van der Waals surface area contributed by atoms with Crippen molar-refractivity contribution in [3.05, 3.63) is 151 Å². The van der Waals surface area contributed by atoms with Gasteiger partial charge in [-0.05, 0) is 75.2 Å². The molecular formula is C43H28N2S. The van der Waals surface area contributed by atoms with Crippen LogP contribution < -0.4 is 0 Å². The molecule has 2 nitrogen and oxygen atoms in total. The van der Waals surface area contributed by atoms with Crippen molar-refractivity contribution < 1.29 is 0 Å². The van der Waals surface area contributed by atoms with Crippen molar-refractivity contribution in [1.29, 1.82) is 0 Å². The Bertz CT molecular complexity index is 2560. The van der Waals surface area contributed by atoms with E-state index in [-0.39, 0.29) is 0 Å². The summed E-state index contributed by atoms with van der Waals surface area (Å²) in [4.78, 5) is 8.01. The number of fused-ring (bicyclic) bond motifs is 11. The first kappa shape index (κ1) is 25.9. The van der Waals surface area contributed by atoms with Crippen molar-refractivity contribution >= 4 is 50.4 Å². The lowest BCUT2D eigenvalue weighted by Gasteiger charge is -2.18. The summed E-state index contributed by atoms with van der Waals surface area (Å²) in [6.45, 7) is 0. The molecule has 1 aliphatic heterocycles. The average molecular weight is 605 g/mol. The lowest BCUT2D eigenvalue weighted by Crippen LogP contribution is -2.06. The van der Waals surface area contributed by atoms with Gasteiger partial charge in [-0.1, -0.05) is 139 Å². The summed E-state index contributed by atoms with van der Waals surface area (Å²) in [5.74, 6) is 0.975. The zero-order valence-corrected chi connectivity index (χ0v) is 25.9. The fourth-order valence-corrected chi connectivity index (χ4v) is 8.88. The largest absolute Gasteiger partial charge is 0.296 e. The van der Waals surface area contributed by atoms with Gasteiger partial charge in [-0.15, -0.1) is 0 Å². The molecule has 2 aromatic heterocycles. The standard InChI is InChI=1S/C43H28N2S/c1-2-14-28-27(12-1)13-11-20-29(28)37-26-41(44-38-21-8-5-17-32(37)38)45-39-22-9-6-18-33(39)35-24-25-36-31-16-4-3-15-30(31)34-19-7-10-23-40(34)46-43(36)42(35)45/h1-8,10-21,23-26H,9,22H2. The van der Waals surface area contributed by atoms with E-state index < -0.39 is 0 Å². The molecule has 2 aliphatic rings. The molecule has 0 amide bonds. The van der Waals surface area contributed by atoms with Gasteiger partial charge >= 0.3 is 0 Å². The number of benzene rings is 6. The molecule has 0 saturated heterocycles. The van der Waals surface area contributed by atoms with E-state index in [0.29, 0.717) is 0 Å². The molecule has 0 atom stereocenters. The number of rotatable bonds is 2. The summed E-state index contributed by atoms with van der Waals surface area (Å²) < 4.78 is 2.50. The van der Waals surface area contributed by atoms with Crippen LogP contribution in [0, 0.1) is 0 Å². The van der Waals surface area contributed by atoms with Gasteiger partial charge in [-0.25, -0.2) is 4.98 Å². The topological polar surface area (TPSA) is 17.8 Å². The summed E-state index contributed by atoms with van der Waals surface area (Å²) in [6, 6.07) is 48.7. The minimum absolute atomic E-state index is 0.975. The van der Waals surface area contributed by atoms with Crippen LogP contribution in [0.25, 0.3) is 77.9 Å². The van der Waals surface area contributed by atoms with Crippen molar-refractivity contribution in [3.63, 3.8) is 0 Å². The fraction of sp³-hybridized carbons (Fsp3) is 0.0465. The molecule has 0 fully saturated rings. The molecule has 1 aliphatic carbocycles. The van der Waals surface area contributed by atoms with E-state index in [1.807, 2.05) is 11.8 Å². The molecule has 0 radical (unpaired) electrons. The van der Waals surface area contributed by atoms with Gasteiger partial charge in [0.2, 0.25) is 0 Å². The summed E-state index contributed by atoms with van der Waals surface area (Å²) in [7, 11) is 0. The van der Waals surface area contributed by atoms with Crippen molar-refractivity contribution in [2.75, 3.05) is 0 Å². The molecule has 0 bridgehead atoms. The third-order valence-electron chi connectivity index (χ3n) is 9.68. The molecule has 216 valence electrons. The summed E-state index contributed by atoms with van der Waals surface area (Å²) in [5.41, 5.74) is 12.5. The van der Waals surface area contributed by atoms with Gasteiger partial charge in [0, 0.05) is 31.8 Å². The predicted octanol–water partition coefficient (Wildman–Crippen LogP) is 11.8. The molecule has 3 heteroatoms. The molecule has 0 saturated carbocycles. The number of hydrogen-bond donors (Lipinski definition) is 0. The summed E-state index contributed by atoms with van der Waals surface area (Å²) >= 11 is 1.90. The molecule has 8 aromatic rings. The van der Waals surface area contributed by atoms with Crippen LogP contribution in [0.15, 0.2) is 149 Å². The first-order valence-corrected chi connectivity index (χ1v) is 16.8. The Morgan fingerprint density at radius 1 is 0.565 bits per heavy atom. The lowest BCUT2D eigenvalue weighted by atomic mass is 9.93. The SMILES string of the molecule is C1=Cc2c(n(-c3cc(-c4cccc5ccccc45)c4ccccc4n3)c3c4c(ccc23)-c2ccccc2-c2ccccc2S4)CC1. The van der Waals surface area contributed by atoms with Crippen LogP contribution in [0.5, 0.6) is 0 Å². The maximum Gasteiger partial charge on any atom is 0.138 e. The van der Waals surface area contributed by atoms with E-state index in [4.69, 9.17) is 4.98 Å². The smallest absolute Gasteiger partial charge is 0.138 e. The van der Waals surface area contributed by atoms with Gasteiger partial charge in [0.15, 0.2) is 0 Å². The van der Waals surface area contributed by atoms with Crippen LogP contribution in [0.2, 0.25) is 0 Å². The number of pyridine rings is 1. The molecular weight excluding hydrogens is 577 g/mol. The quantitative estimate of drug-likeness (QED) is 0.195. The van der Waals surface area contributed by atoms with Gasteiger partial charge < -0.3 is 0 Å². The number of para-hydroxylation sites is 1. The van der Waals surface area contributed by atoms with E-state index in [0.717, 1.165) is 24.2 Å². The highest BCUT2D eigenvalue weighted by atomic mass is 32.2. The zero-order chi connectivity index (χ0) is 30.2. The van der Waals surface area contributed by atoms with E-state index in [9.17, 15) is 0 Å². The van der Waals surface area contributed by atoms with Gasteiger partial charge in [-0.3, -0.25) is 4.57 Å². The number of allylic oxidation sites excluding steroid dienone is 1. The van der Waals surface area contributed by atoms with Crippen LogP contribution >= 0.6 is 11.8 Å². The van der Waals surface area contributed by atoms with Gasteiger partial charge in [-0.2, -0.15) is 0 Å².